The van der Waals surface area contributed by atoms with Crippen LogP contribution in [0.5, 0.6) is 5.88 Å². The third-order valence-corrected chi connectivity index (χ3v) is 2.42. The maximum Gasteiger partial charge on any atom is 0.255 e. The quantitative estimate of drug-likeness (QED) is 0.801. The molecule has 0 atom stereocenters. The molecular weight excluding hydrogens is 240 g/mol. The molecule has 16 heavy (non-hydrogen) atoms. The predicted molar refractivity (Wildman–Crippen MR) is 50.4 cm³/mol. The van der Waals surface area contributed by atoms with E-state index in [-0.39, 0.29) is 29.6 Å². The molecule has 0 radical (unpaired) electrons. The normalized spacial score (nSPS) is 18.6. The van der Waals surface area contributed by atoms with Gasteiger partial charge in [0.1, 0.15) is 12.2 Å². The Morgan fingerprint density at radius 3 is 2.75 bits per heavy atom. The van der Waals surface area contributed by atoms with Gasteiger partial charge in [0.25, 0.3) is 5.92 Å². The second kappa shape index (κ2) is 3.83. The number of nitriles is 1. The largest absolute Gasteiger partial charge is 0.473 e. The summed E-state index contributed by atoms with van der Waals surface area (Å²) in [5.41, 5.74) is -0.0204. The van der Waals surface area contributed by atoms with Gasteiger partial charge >= 0.3 is 0 Å². The molecule has 0 spiro atoms. The van der Waals surface area contributed by atoms with Crippen molar-refractivity contribution in [3.8, 4) is 11.9 Å². The number of ether oxygens (including phenoxy) is 1. The lowest BCUT2D eigenvalue weighted by Crippen LogP contribution is -2.43. The smallest absolute Gasteiger partial charge is 0.255 e. The number of hydrogen-bond donors (Lipinski definition) is 0. The van der Waals surface area contributed by atoms with Gasteiger partial charge in [0.2, 0.25) is 5.88 Å². The first-order valence-electron chi connectivity index (χ1n) is 4.47. The van der Waals surface area contributed by atoms with Gasteiger partial charge < -0.3 is 4.74 Å². The molecule has 7 heteroatoms. The zero-order chi connectivity index (χ0) is 11.8. The maximum atomic E-state index is 12.5. The van der Waals surface area contributed by atoms with Gasteiger partial charge in [-0.1, -0.05) is 11.6 Å². The van der Waals surface area contributed by atoms with E-state index in [2.05, 4.69) is 9.97 Å². The first-order valence-corrected chi connectivity index (χ1v) is 4.85. The zero-order valence-corrected chi connectivity index (χ0v) is 8.71. The molecule has 0 amide bonds. The Kier molecular flexibility index (Phi) is 2.64. The molecule has 1 heterocycles. The van der Waals surface area contributed by atoms with Crippen molar-refractivity contribution in [3.63, 3.8) is 0 Å². The van der Waals surface area contributed by atoms with Crippen LogP contribution in [0.3, 0.4) is 0 Å². The van der Waals surface area contributed by atoms with Gasteiger partial charge in [-0.05, 0) is 0 Å². The lowest BCUT2D eigenvalue weighted by Gasteiger charge is -2.34. The first-order chi connectivity index (χ1) is 7.50. The summed E-state index contributed by atoms with van der Waals surface area (Å²) in [5.74, 6) is -2.58. The topological polar surface area (TPSA) is 58.8 Å². The van der Waals surface area contributed by atoms with Crippen molar-refractivity contribution >= 4 is 11.6 Å². The molecule has 0 saturated heterocycles. The first kappa shape index (κ1) is 11.0. The van der Waals surface area contributed by atoms with Crippen LogP contribution in [0.15, 0.2) is 6.20 Å². The van der Waals surface area contributed by atoms with Gasteiger partial charge in [0.05, 0.1) is 6.20 Å². The summed E-state index contributed by atoms with van der Waals surface area (Å²) < 4.78 is 30.1. The molecule has 1 saturated carbocycles. The van der Waals surface area contributed by atoms with Crippen molar-refractivity contribution < 1.29 is 13.5 Å². The highest BCUT2D eigenvalue weighted by molar-refractivity contribution is 6.30. The van der Waals surface area contributed by atoms with Crippen LogP contribution >= 0.6 is 11.6 Å². The Balaban J connectivity index is 2.02. The molecule has 4 nitrogen and oxygen atoms in total. The summed E-state index contributed by atoms with van der Waals surface area (Å²) in [6.07, 6.45) is -0.0206. The molecule has 2 rings (SSSR count). The van der Waals surface area contributed by atoms with Crippen molar-refractivity contribution in [2.45, 2.75) is 24.9 Å². The van der Waals surface area contributed by atoms with E-state index in [1.807, 2.05) is 0 Å². The molecule has 1 aliphatic rings. The molecule has 0 bridgehead atoms. The summed E-state index contributed by atoms with van der Waals surface area (Å²) >= 11 is 5.61. The van der Waals surface area contributed by atoms with Crippen molar-refractivity contribution in [1.29, 1.82) is 5.26 Å². The van der Waals surface area contributed by atoms with Gasteiger partial charge in [-0.3, -0.25) is 0 Å². The highest BCUT2D eigenvalue weighted by Crippen LogP contribution is 2.39. The molecule has 1 aliphatic carbocycles. The highest BCUT2D eigenvalue weighted by atomic mass is 35.5. The van der Waals surface area contributed by atoms with Gasteiger partial charge in [-0.15, -0.1) is 0 Å². The number of halogens is 3. The molecule has 0 aliphatic heterocycles. The highest BCUT2D eigenvalue weighted by Gasteiger charge is 2.47. The van der Waals surface area contributed by atoms with Crippen molar-refractivity contribution in [2.24, 2.45) is 0 Å². The van der Waals surface area contributed by atoms with E-state index < -0.39 is 12.0 Å². The lowest BCUT2D eigenvalue weighted by molar-refractivity contribution is -0.135. The average Bonchev–Trinajstić information content (AvgIpc) is 2.15. The lowest BCUT2D eigenvalue weighted by atomic mass is 9.91. The van der Waals surface area contributed by atoms with Crippen LogP contribution in [-0.2, 0) is 0 Å². The fraction of sp³-hybridized carbons (Fsp3) is 0.444. The van der Waals surface area contributed by atoms with Crippen LogP contribution in [0, 0.1) is 11.3 Å². The molecule has 1 fully saturated rings. The predicted octanol–water partition coefficient (Wildman–Crippen LogP) is 2.18. The molecule has 84 valence electrons. The van der Waals surface area contributed by atoms with Gasteiger partial charge in [-0.2, -0.15) is 10.2 Å². The van der Waals surface area contributed by atoms with Crippen molar-refractivity contribution in [3.05, 3.63) is 17.0 Å². The van der Waals surface area contributed by atoms with Crippen LogP contribution in [0.4, 0.5) is 8.78 Å². The molecule has 1 aromatic heterocycles. The molecule has 0 unspecified atom stereocenters. The van der Waals surface area contributed by atoms with Crippen LogP contribution in [-0.4, -0.2) is 22.0 Å². The fourth-order valence-electron chi connectivity index (χ4n) is 1.34. The van der Waals surface area contributed by atoms with Crippen LogP contribution < -0.4 is 4.74 Å². The average molecular weight is 246 g/mol. The van der Waals surface area contributed by atoms with E-state index in [9.17, 15) is 8.78 Å². The third-order valence-electron chi connectivity index (χ3n) is 2.15. The number of alkyl halides is 2. The number of rotatable bonds is 2. The Morgan fingerprint density at radius 2 is 2.25 bits per heavy atom. The number of hydrogen-bond acceptors (Lipinski definition) is 4. The van der Waals surface area contributed by atoms with E-state index in [0.29, 0.717) is 0 Å². The minimum absolute atomic E-state index is 0.0204. The van der Waals surface area contributed by atoms with E-state index in [1.165, 1.54) is 6.20 Å². The number of nitrogens with zero attached hydrogens (tertiary/aromatic N) is 3. The third kappa shape index (κ3) is 2.19. The second-order valence-corrected chi connectivity index (χ2v) is 3.82. The summed E-state index contributed by atoms with van der Waals surface area (Å²) in [5, 5.41) is 8.45. The second-order valence-electron chi connectivity index (χ2n) is 3.46. The van der Waals surface area contributed by atoms with Gasteiger partial charge in [0.15, 0.2) is 10.8 Å². The van der Waals surface area contributed by atoms with E-state index in [1.54, 1.807) is 6.07 Å². The molecule has 1 aromatic rings. The fourth-order valence-corrected chi connectivity index (χ4v) is 1.52. The zero-order valence-electron chi connectivity index (χ0n) is 7.95. The maximum absolute atomic E-state index is 12.5. The van der Waals surface area contributed by atoms with E-state index in [0.717, 1.165) is 0 Å². The standard InChI is InChI=1S/C9H6ClF2N3O/c10-8-6(3-13)14-4-7(15-8)16-5-1-9(11,12)2-5/h4-5H,1-2H2. The van der Waals surface area contributed by atoms with E-state index in [4.69, 9.17) is 21.6 Å². The Bertz CT molecular complexity index is 453. The van der Waals surface area contributed by atoms with E-state index >= 15 is 0 Å². The minimum atomic E-state index is -2.64. The minimum Gasteiger partial charge on any atom is -0.473 e. The van der Waals surface area contributed by atoms with Gasteiger partial charge in [-0.25, -0.2) is 13.8 Å². The Labute approximate surface area is 94.8 Å². The van der Waals surface area contributed by atoms with Gasteiger partial charge in [0, 0.05) is 12.8 Å². The summed E-state index contributed by atoms with van der Waals surface area (Å²) in [7, 11) is 0. The monoisotopic (exact) mass is 245 g/mol. The van der Waals surface area contributed by atoms with Crippen molar-refractivity contribution in [1.82, 2.24) is 9.97 Å². The Morgan fingerprint density at radius 1 is 1.56 bits per heavy atom. The molecule has 0 N–H and O–H groups in total. The summed E-state index contributed by atoms with van der Waals surface area (Å²) in [4.78, 5) is 7.40. The van der Waals surface area contributed by atoms with Crippen LogP contribution in [0.1, 0.15) is 18.5 Å². The molecular formula is C9H6ClF2N3O. The van der Waals surface area contributed by atoms with Crippen molar-refractivity contribution in [2.75, 3.05) is 0 Å². The SMILES string of the molecule is N#Cc1ncc(OC2CC(F)(F)C2)nc1Cl. The number of aromatic nitrogens is 2. The Hall–Kier alpha value is -1.48. The molecule has 0 aromatic carbocycles. The summed E-state index contributed by atoms with van der Waals surface area (Å²) in [6.45, 7) is 0. The van der Waals surface area contributed by atoms with Crippen LogP contribution in [0.2, 0.25) is 5.15 Å². The van der Waals surface area contributed by atoms with Crippen LogP contribution in [0.25, 0.3) is 0 Å². The summed E-state index contributed by atoms with van der Waals surface area (Å²) in [6, 6.07) is 1.74.